The highest BCUT2D eigenvalue weighted by Gasteiger charge is 2.44. The molecule has 0 bridgehead atoms. The number of imide groups is 1. The van der Waals surface area contributed by atoms with Gasteiger partial charge in [0.2, 0.25) is 5.91 Å². The molecule has 2 unspecified atom stereocenters. The van der Waals surface area contributed by atoms with E-state index in [1.54, 1.807) is 19.1 Å². The van der Waals surface area contributed by atoms with Crippen LogP contribution in [0, 0.1) is 0 Å². The van der Waals surface area contributed by atoms with E-state index in [1.807, 2.05) is 0 Å². The molecule has 12 heteroatoms. The Kier molecular flexibility index (Phi) is 7.67. The number of rotatable bonds is 9. The summed E-state index contributed by atoms with van der Waals surface area (Å²) >= 11 is 4.05. The van der Waals surface area contributed by atoms with Crippen molar-refractivity contribution in [1.29, 1.82) is 0 Å². The van der Waals surface area contributed by atoms with E-state index >= 15 is 0 Å². The molecule has 2 atom stereocenters. The second-order valence-corrected chi connectivity index (χ2v) is 8.47. The Hall–Kier alpha value is -3.02. The summed E-state index contributed by atoms with van der Waals surface area (Å²) in [5.41, 5.74) is 0.305. The Morgan fingerprint density at radius 1 is 1.24 bits per heavy atom. The number of nitrogens with zero attached hydrogens (tertiary/aromatic N) is 2. The van der Waals surface area contributed by atoms with Gasteiger partial charge in [0.05, 0.1) is 53.0 Å². The summed E-state index contributed by atoms with van der Waals surface area (Å²) in [6, 6.07) is 4.97. The minimum atomic E-state index is -2.18. The van der Waals surface area contributed by atoms with Gasteiger partial charge >= 0.3 is 0 Å². The zero-order valence-electron chi connectivity index (χ0n) is 18.1. The molecule has 10 nitrogen and oxygen atoms in total. The zero-order chi connectivity index (χ0) is 24.3. The number of pyridine rings is 1. The summed E-state index contributed by atoms with van der Waals surface area (Å²) in [5, 5.41) is 2.58. The van der Waals surface area contributed by atoms with Gasteiger partial charge in [0, 0.05) is 6.92 Å². The van der Waals surface area contributed by atoms with Crippen LogP contribution in [0.5, 0.6) is 11.6 Å². The summed E-state index contributed by atoms with van der Waals surface area (Å²) in [6.45, 7) is 3.33. The van der Waals surface area contributed by atoms with Crippen LogP contribution < -0.4 is 14.8 Å². The van der Waals surface area contributed by atoms with Crippen molar-refractivity contribution in [2.24, 2.45) is 0 Å². The highest BCUT2D eigenvalue weighted by atomic mass is 35.5. The van der Waals surface area contributed by atoms with E-state index in [1.165, 1.54) is 26.2 Å². The third kappa shape index (κ3) is 5.00. The highest BCUT2D eigenvalue weighted by molar-refractivity contribution is 7.79. The lowest BCUT2D eigenvalue weighted by atomic mass is 10.1. The van der Waals surface area contributed by atoms with E-state index in [0.29, 0.717) is 12.4 Å². The Bertz CT molecular complexity index is 1140. The van der Waals surface area contributed by atoms with Crippen molar-refractivity contribution < 1.29 is 32.6 Å². The molecular weight excluding hydrogens is 474 g/mol. The molecule has 0 aliphatic carbocycles. The van der Waals surface area contributed by atoms with Crippen LogP contribution in [0.25, 0.3) is 0 Å². The number of amides is 3. The van der Waals surface area contributed by atoms with Gasteiger partial charge < -0.3 is 19.3 Å². The van der Waals surface area contributed by atoms with Gasteiger partial charge in [0.1, 0.15) is 0 Å². The summed E-state index contributed by atoms with van der Waals surface area (Å²) in [5.74, 6) is -1.54. The average molecular weight is 496 g/mol. The van der Waals surface area contributed by atoms with Crippen molar-refractivity contribution in [2.75, 3.05) is 24.8 Å². The molecule has 0 radical (unpaired) electrons. The highest BCUT2D eigenvalue weighted by Crippen LogP contribution is 2.40. The predicted molar refractivity (Wildman–Crippen MR) is 121 cm³/mol. The maximum atomic E-state index is 13.4. The normalized spacial score (nSPS) is 14.6. The molecule has 1 aliphatic rings. The van der Waals surface area contributed by atoms with Gasteiger partial charge in [0.15, 0.2) is 16.8 Å². The molecule has 176 valence electrons. The van der Waals surface area contributed by atoms with Crippen LogP contribution >= 0.6 is 11.6 Å². The van der Waals surface area contributed by atoms with Gasteiger partial charge in [-0.3, -0.25) is 19.3 Å². The van der Waals surface area contributed by atoms with Crippen LogP contribution in [0.2, 0.25) is 5.02 Å². The molecule has 3 amide bonds. The predicted octanol–water partition coefficient (Wildman–Crippen LogP) is 3.05. The van der Waals surface area contributed by atoms with Crippen LogP contribution in [-0.2, 0) is 15.9 Å². The summed E-state index contributed by atoms with van der Waals surface area (Å²) in [7, 11) is 1.45. The number of hydrogen-bond acceptors (Lipinski definition) is 7. The lowest BCUT2D eigenvalue weighted by Gasteiger charge is -2.26. The minimum Gasteiger partial charge on any atom is -0.491 e. The monoisotopic (exact) mass is 495 g/mol. The van der Waals surface area contributed by atoms with Crippen LogP contribution in [0.15, 0.2) is 24.3 Å². The van der Waals surface area contributed by atoms with Gasteiger partial charge in [-0.25, -0.2) is 9.19 Å². The Morgan fingerprint density at radius 3 is 2.55 bits per heavy atom. The van der Waals surface area contributed by atoms with Crippen molar-refractivity contribution in [3.63, 3.8) is 0 Å². The smallest absolute Gasteiger partial charge is 0.264 e. The SMILES string of the molecule is CCOc1nc(C(CCS(=O)O)N2C(=O)c3c(Cl)ccc(NC(C)=O)c3C2=O)ccc1OC. The first-order chi connectivity index (χ1) is 15.7. The summed E-state index contributed by atoms with van der Waals surface area (Å²) in [6.07, 6.45) is -0.0490. The summed E-state index contributed by atoms with van der Waals surface area (Å²) in [4.78, 5) is 43.7. The number of ether oxygens (including phenoxy) is 2. The molecule has 2 N–H and O–H groups in total. The van der Waals surface area contributed by atoms with Gasteiger partial charge in [-0.2, -0.15) is 0 Å². The Labute approximate surface area is 197 Å². The van der Waals surface area contributed by atoms with Crippen molar-refractivity contribution >= 4 is 46.1 Å². The van der Waals surface area contributed by atoms with Crippen molar-refractivity contribution in [1.82, 2.24) is 9.88 Å². The maximum Gasteiger partial charge on any atom is 0.264 e. The topological polar surface area (TPSA) is 135 Å². The first kappa shape index (κ1) is 24.6. The van der Waals surface area contributed by atoms with E-state index in [4.69, 9.17) is 21.1 Å². The average Bonchev–Trinajstić information content (AvgIpc) is 3.02. The van der Waals surface area contributed by atoms with E-state index in [0.717, 1.165) is 4.90 Å². The lowest BCUT2D eigenvalue weighted by Crippen LogP contribution is -2.35. The van der Waals surface area contributed by atoms with Gasteiger partial charge in [-0.15, -0.1) is 0 Å². The molecule has 2 aromatic rings. The first-order valence-corrected chi connectivity index (χ1v) is 11.6. The number of fused-ring (bicyclic) bond motifs is 1. The molecule has 1 aromatic heterocycles. The van der Waals surface area contributed by atoms with Gasteiger partial charge in [0.25, 0.3) is 17.7 Å². The van der Waals surface area contributed by atoms with E-state index in [9.17, 15) is 23.1 Å². The van der Waals surface area contributed by atoms with Crippen molar-refractivity contribution in [3.8, 4) is 11.6 Å². The molecule has 0 fully saturated rings. The lowest BCUT2D eigenvalue weighted by molar-refractivity contribution is -0.114. The zero-order valence-corrected chi connectivity index (χ0v) is 19.7. The number of anilines is 1. The minimum absolute atomic E-state index is 0.0436. The molecule has 1 aliphatic heterocycles. The standard InChI is InChI=1S/C21H22ClN3O7S/c1-4-32-19-16(31-3)8-7-13(24-19)15(9-10-33(29)30)25-20(27)17-12(22)5-6-14(23-11(2)26)18(17)21(25)28/h5-8,15H,4,9-10H2,1-3H3,(H,23,26)(H,29,30). The summed E-state index contributed by atoms with van der Waals surface area (Å²) < 4.78 is 31.5. The van der Waals surface area contributed by atoms with Crippen LogP contribution in [0.3, 0.4) is 0 Å². The molecular formula is C21H22ClN3O7S. The fourth-order valence-electron chi connectivity index (χ4n) is 3.56. The van der Waals surface area contributed by atoms with Gasteiger partial charge in [-0.1, -0.05) is 11.6 Å². The maximum absolute atomic E-state index is 13.4. The largest absolute Gasteiger partial charge is 0.491 e. The van der Waals surface area contributed by atoms with Gasteiger partial charge in [-0.05, 0) is 37.6 Å². The molecule has 1 aromatic carbocycles. The molecule has 0 saturated carbocycles. The number of methoxy groups -OCH3 is 1. The Morgan fingerprint density at radius 2 is 1.94 bits per heavy atom. The van der Waals surface area contributed by atoms with E-state index in [-0.39, 0.29) is 45.6 Å². The number of carbonyl (C=O) groups excluding carboxylic acids is 3. The fourth-order valence-corrected chi connectivity index (χ4v) is 4.23. The number of nitrogens with one attached hydrogen (secondary N) is 1. The second-order valence-electron chi connectivity index (χ2n) is 7.01. The molecule has 33 heavy (non-hydrogen) atoms. The quantitative estimate of drug-likeness (QED) is 0.400. The van der Waals surface area contributed by atoms with Crippen molar-refractivity contribution in [3.05, 3.63) is 46.1 Å². The van der Waals surface area contributed by atoms with Crippen LogP contribution in [0.1, 0.15) is 52.7 Å². The number of benzene rings is 1. The second kappa shape index (κ2) is 10.3. The van der Waals surface area contributed by atoms with E-state index < -0.39 is 34.8 Å². The molecule has 0 spiro atoms. The van der Waals surface area contributed by atoms with Crippen molar-refractivity contribution in [2.45, 2.75) is 26.3 Å². The molecule has 2 heterocycles. The van der Waals surface area contributed by atoms with Crippen LogP contribution in [-0.4, -0.2) is 55.8 Å². The Balaban J connectivity index is 2.12. The van der Waals surface area contributed by atoms with E-state index in [2.05, 4.69) is 10.3 Å². The fraction of sp³-hybridized carbons (Fsp3) is 0.333. The molecule has 0 saturated heterocycles. The van der Waals surface area contributed by atoms with Crippen LogP contribution in [0.4, 0.5) is 5.69 Å². The molecule has 3 rings (SSSR count). The third-order valence-electron chi connectivity index (χ3n) is 4.90. The third-order valence-corrected chi connectivity index (χ3v) is 5.80. The number of halogens is 1. The first-order valence-electron chi connectivity index (χ1n) is 9.92. The number of aromatic nitrogens is 1. The number of carbonyl (C=O) groups is 3. The number of hydrogen-bond donors (Lipinski definition) is 2.